The predicted octanol–water partition coefficient (Wildman–Crippen LogP) is 3.34. The summed E-state index contributed by atoms with van der Waals surface area (Å²) >= 11 is 0. The zero-order chi connectivity index (χ0) is 13.2. The second-order valence-electron chi connectivity index (χ2n) is 4.92. The molecule has 0 bridgehead atoms. The Morgan fingerprint density at radius 3 is 2.78 bits per heavy atom. The zero-order valence-electron chi connectivity index (χ0n) is 10.6. The smallest absolute Gasteiger partial charge is 0.257 e. The zero-order valence-corrected chi connectivity index (χ0v) is 10.6. The number of halogens is 2. The lowest BCUT2D eigenvalue weighted by Gasteiger charge is -2.17. The van der Waals surface area contributed by atoms with Crippen molar-refractivity contribution in [1.82, 2.24) is 10.3 Å². The molecule has 1 aromatic carbocycles. The molecule has 0 aliphatic carbocycles. The summed E-state index contributed by atoms with van der Waals surface area (Å²) in [7, 11) is 0. The highest BCUT2D eigenvalue weighted by molar-refractivity contribution is 5.83. The fourth-order valence-electron chi connectivity index (χ4n) is 2.06. The summed E-state index contributed by atoms with van der Waals surface area (Å²) in [6, 6.07) is 8.04. The van der Waals surface area contributed by atoms with Crippen LogP contribution in [0, 0.1) is 0 Å². The van der Waals surface area contributed by atoms with E-state index in [2.05, 4.69) is 10.3 Å². The third-order valence-corrected chi connectivity index (χ3v) is 2.96. The number of rotatable bonds is 5. The molecule has 0 aliphatic heterocycles. The maximum Gasteiger partial charge on any atom is 0.257 e. The highest BCUT2D eigenvalue weighted by Gasteiger charge is 2.21. The third-order valence-electron chi connectivity index (χ3n) is 2.96. The number of alkyl halides is 2. The molecule has 0 unspecified atom stereocenters. The summed E-state index contributed by atoms with van der Waals surface area (Å²) in [6.45, 7) is 2.57. The van der Waals surface area contributed by atoms with E-state index in [0.717, 1.165) is 29.8 Å². The van der Waals surface area contributed by atoms with Gasteiger partial charge in [-0.05, 0) is 25.0 Å². The maximum atomic E-state index is 12.7. The van der Waals surface area contributed by atoms with Gasteiger partial charge in [-0.2, -0.15) is 0 Å². The van der Waals surface area contributed by atoms with Crippen LogP contribution in [0.4, 0.5) is 8.78 Å². The van der Waals surface area contributed by atoms with Gasteiger partial charge in [0.25, 0.3) is 5.92 Å². The summed E-state index contributed by atoms with van der Waals surface area (Å²) < 4.78 is 25.5. The Morgan fingerprint density at radius 1 is 1.33 bits per heavy atom. The van der Waals surface area contributed by atoms with Crippen LogP contribution in [0.5, 0.6) is 0 Å². The van der Waals surface area contributed by atoms with Crippen LogP contribution in [0.3, 0.4) is 0 Å². The maximum absolute atomic E-state index is 12.7. The van der Waals surface area contributed by atoms with Crippen LogP contribution in [0.2, 0.25) is 0 Å². The van der Waals surface area contributed by atoms with Crippen molar-refractivity contribution in [2.24, 2.45) is 0 Å². The molecule has 1 heterocycles. The Bertz CT molecular complexity index is 514. The molecular formula is C14H18F2N2. The van der Waals surface area contributed by atoms with Gasteiger partial charge in [-0.1, -0.05) is 18.2 Å². The molecule has 0 saturated carbocycles. The molecule has 2 rings (SSSR count). The average Bonchev–Trinajstić information content (AvgIpc) is 2.70. The summed E-state index contributed by atoms with van der Waals surface area (Å²) in [6.07, 6.45) is 2.69. The molecule has 2 nitrogen and oxygen atoms in total. The van der Waals surface area contributed by atoms with Crippen LogP contribution in [0.1, 0.15) is 19.4 Å². The molecule has 2 N–H and O–H groups in total. The fraction of sp³-hybridized carbons (Fsp3) is 0.429. The lowest BCUT2D eigenvalue weighted by Crippen LogP contribution is -2.37. The molecule has 18 heavy (non-hydrogen) atoms. The molecule has 0 aliphatic rings. The predicted molar refractivity (Wildman–Crippen MR) is 70.1 cm³/mol. The third kappa shape index (κ3) is 3.29. The first kappa shape index (κ1) is 13.0. The normalized spacial score (nSPS) is 14.0. The number of hydrogen-bond acceptors (Lipinski definition) is 1. The topological polar surface area (TPSA) is 27.8 Å². The summed E-state index contributed by atoms with van der Waals surface area (Å²) in [5, 5.41) is 4.02. The van der Waals surface area contributed by atoms with Crippen LogP contribution in [0.15, 0.2) is 30.5 Å². The number of nitrogens with one attached hydrogen (secondary N) is 2. The second kappa shape index (κ2) is 5.06. The van der Waals surface area contributed by atoms with Gasteiger partial charge in [0.2, 0.25) is 0 Å². The SMILES string of the molecule is C[C@H](Cc1c[nH]c2ccccc12)NCC(C)(F)F. The number of hydrogen-bond donors (Lipinski definition) is 2. The Hall–Kier alpha value is -1.42. The van der Waals surface area contributed by atoms with Crippen molar-refractivity contribution in [2.75, 3.05) is 6.54 Å². The molecule has 4 heteroatoms. The Kier molecular flexibility index (Phi) is 3.66. The van der Waals surface area contributed by atoms with Crippen molar-refractivity contribution < 1.29 is 8.78 Å². The number of aromatic nitrogens is 1. The van der Waals surface area contributed by atoms with E-state index in [1.54, 1.807) is 0 Å². The molecule has 1 aromatic heterocycles. The fourth-order valence-corrected chi connectivity index (χ4v) is 2.06. The number of benzene rings is 1. The van der Waals surface area contributed by atoms with Crippen molar-refractivity contribution >= 4 is 10.9 Å². The molecule has 0 spiro atoms. The summed E-state index contributed by atoms with van der Waals surface area (Å²) in [5.74, 6) is -2.66. The molecule has 0 fully saturated rings. The van der Waals surface area contributed by atoms with Crippen LogP contribution in [-0.2, 0) is 6.42 Å². The molecule has 2 aromatic rings. The van der Waals surface area contributed by atoms with Crippen LogP contribution in [0.25, 0.3) is 10.9 Å². The molecule has 98 valence electrons. The van der Waals surface area contributed by atoms with E-state index in [1.165, 1.54) is 0 Å². The standard InChI is InChI=1S/C14H18F2N2/c1-10(18-9-14(2,15)16)7-11-8-17-13-6-4-3-5-12(11)13/h3-6,8,10,17-18H,7,9H2,1-2H3/t10-/m1/s1. The molecule has 0 radical (unpaired) electrons. The van der Waals surface area contributed by atoms with Crippen molar-refractivity contribution in [3.05, 3.63) is 36.0 Å². The molecule has 0 saturated heterocycles. The first-order valence-electron chi connectivity index (χ1n) is 6.12. The second-order valence-corrected chi connectivity index (χ2v) is 4.92. The summed E-state index contributed by atoms with van der Waals surface area (Å²) in [4.78, 5) is 3.19. The number of fused-ring (bicyclic) bond motifs is 1. The van der Waals surface area contributed by atoms with E-state index in [9.17, 15) is 8.78 Å². The van der Waals surface area contributed by atoms with Crippen LogP contribution < -0.4 is 5.32 Å². The molecular weight excluding hydrogens is 234 g/mol. The lowest BCUT2D eigenvalue weighted by molar-refractivity contribution is 0.0204. The van der Waals surface area contributed by atoms with Gasteiger partial charge in [0.15, 0.2) is 0 Å². The van der Waals surface area contributed by atoms with Crippen LogP contribution in [-0.4, -0.2) is 23.5 Å². The van der Waals surface area contributed by atoms with Gasteiger partial charge in [-0.15, -0.1) is 0 Å². The van der Waals surface area contributed by atoms with Gasteiger partial charge >= 0.3 is 0 Å². The minimum Gasteiger partial charge on any atom is -0.361 e. The van der Waals surface area contributed by atoms with E-state index < -0.39 is 5.92 Å². The van der Waals surface area contributed by atoms with Crippen molar-refractivity contribution in [2.45, 2.75) is 32.2 Å². The lowest BCUT2D eigenvalue weighted by atomic mass is 10.1. The van der Waals surface area contributed by atoms with Gasteiger partial charge in [0.1, 0.15) is 0 Å². The monoisotopic (exact) mass is 252 g/mol. The largest absolute Gasteiger partial charge is 0.361 e. The number of para-hydroxylation sites is 1. The van der Waals surface area contributed by atoms with Gasteiger partial charge in [0.05, 0.1) is 6.54 Å². The van der Waals surface area contributed by atoms with E-state index in [1.807, 2.05) is 37.4 Å². The van der Waals surface area contributed by atoms with Gasteiger partial charge in [-0.25, -0.2) is 8.78 Å². The van der Waals surface area contributed by atoms with Crippen LogP contribution >= 0.6 is 0 Å². The Morgan fingerprint density at radius 2 is 2.06 bits per heavy atom. The van der Waals surface area contributed by atoms with E-state index >= 15 is 0 Å². The first-order valence-corrected chi connectivity index (χ1v) is 6.12. The highest BCUT2D eigenvalue weighted by atomic mass is 19.3. The average molecular weight is 252 g/mol. The Balaban J connectivity index is 2.01. The van der Waals surface area contributed by atoms with Gasteiger partial charge in [0, 0.05) is 30.1 Å². The van der Waals surface area contributed by atoms with Crippen molar-refractivity contribution in [1.29, 1.82) is 0 Å². The van der Waals surface area contributed by atoms with Gasteiger partial charge in [-0.3, -0.25) is 0 Å². The summed E-state index contributed by atoms with van der Waals surface area (Å²) in [5.41, 5.74) is 2.24. The van der Waals surface area contributed by atoms with Crippen molar-refractivity contribution in [3.63, 3.8) is 0 Å². The number of aromatic amines is 1. The molecule has 1 atom stereocenters. The first-order chi connectivity index (χ1) is 8.46. The van der Waals surface area contributed by atoms with Gasteiger partial charge < -0.3 is 10.3 Å². The minimum absolute atomic E-state index is 0.0232. The quantitative estimate of drug-likeness (QED) is 0.839. The Labute approximate surface area is 105 Å². The van der Waals surface area contributed by atoms with E-state index in [0.29, 0.717) is 0 Å². The van der Waals surface area contributed by atoms with Crippen molar-refractivity contribution in [3.8, 4) is 0 Å². The van der Waals surface area contributed by atoms with E-state index in [-0.39, 0.29) is 12.6 Å². The highest BCUT2D eigenvalue weighted by Crippen LogP contribution is 2.19. The number of H-pyrrole nitrogens is 1. The van der Waals surface area contributed by atoms with E-state index in [4.69, 9.17) is 0 Å². The molecule has 0 amide bonds. The minimum atomic E-state index is -2.66.